The molecule has 26 heavy (non-hydrogen) atoms. The van der Waals surface area contributed by atoms with E-state index >= 15 is 0 Å². The predicted molar refractivity (Wildman–Crippen MR) is 97.8 cm³/mol. The molecule has 1 aliphatic heterocycles. The fourth-order valence-corrected chi connectivity index (χ4v) is 2.89. The van der Waals surface area contributed by atoms with Crippen molar-refractivity contribution in [2.75, 3.05) is 46.6 Å². The van der Waals surface area contributed by atoms with Gasteiger partial charge < -0.3 is 19.5 Å². The van der Waals surface area contributed by atoms with Crippen LogP contribution in [0.25, 0.3) is 0 Å². The maximum absolute atomic E-state index is 12.1. The van der Waals surface area contributed by atoms with Gasteiger partial charge in [-0.2, -0.15) is 0 Å². The molecule has 0 atom stereocenters. The number of benzene rings is 1. The van der Waals surface area contributed by atoms with Gasteiger partial charge in [0.05, 0.1) is 30.9 Å². The summed E-state index contributed by atoms with van der Waals surface area (Å²) in [6.07, 6.45) is 0. The molecule has 7 nitrogen and oxygen atoms in total. The average molecular weight is 385 g/mol. The number of rotatable bonds is 7. The molecule has 2 rings (SSSR count). The first kappa shape index (κ1) is 20.5. The van der Waals surface area contributed by atoms with Crippen molar-refractivity contribution < 1.29 is 23.8 Å². The Morgan fingerprint density at radius 2 is 2.00 bits per heavy atom. The molecule has 1 amide bonds. The van der Waals surface area contributed by atoms with Crippen molar-refractivity contribution in [2.45, 2.75) is 19.4 Å². The number of hydrogen-bond donors (Lipinski definition) is 1. The smallest absolute Gasteiger partial charge is 0.337 e. The first-order valence-corrected chi connectivity index (χ1v) is 8.81. The topological polar surface area (TPSA) is 77.1 Å². The van der Waals surface area contributed by atoms with E-state index in [1.54, 1.807) is 6.07 Å². The Morgan fingerprint density at radius 3 is 2.62 bits per heavy atom. The highest BCUT2D eigenvalue weighted by Gasteiger charge is 2.28. The minimum atomic E-state index is -0.485. The molecule has 8 heteroatoms. The van der Waals surface area contributed by atoms with Gasteiger partial charge in [-0.05, 0) is 32.0 Å². The van der Waals surface area contributed by atoms with E-state index in [1.165, 1.54) is 19.2 Å². The van der Waals surface area contributed by atoms with Gasteiger partial charge in [-0.25, -0.2) is 4.79 Å². The molecule has 0 unspecified atom stereocenters. The van der Waals surface area contributed by atoms with Crippen LogP contribution < -0.4 is 10.1 Å². The minimum Gasteiger partial charge on any atom is -0.482 e. The summed E-state index contributed by atoms with van der Waals surface area (Å²) in [5.74, 6) is -0.386. The molecule has 1 heterocycles. The Hall–Kier alpha value is -1.83. The van der Waals surface area contributed by atoms with Crippen molar-refractivity contribution in [3.05, 3.63) is 28.8 Å². The Bertz CT molecular complexity index is 644. The second-order valence-corrected chi connectivity index (χ2v) is 7.02. The summed E-state index contributed by atoms with van der Waals surface area (Å²) in [5.41, 5.74) is 0.153. The van der Waals surface area contributed by atoms with Gasteiger partial charge >= 0.3 is 5.97 Å². The average Bonchev–Trinajstić information content (AvgIpc) is 2.65. The molecule has 1 fully saturated rings. The summed E-state index contributed by atoms with van der Waals surface area (Å²) in [6.45, 7) is 7.63. The number of halogens is 1. The van der Waals surface area contributed by atoms with Crippen molar-refractivity contribution in [3.8, 4) is 5.75 Å². The lowest BCUT2D eigenvalue weighted by Crippen LogP contribution is -2.55. The summed E-state index contributed by atoms with van der Waals surface area (Å²) in [6, 6.07) is 4.52. The van der Waals surface area contributed by atoms with Crippen LogP contribution >= 0.6 is 11.6 Å². The third-order valence-electron chi connectivity index (χ3n) is 4.30. The fraction of sp³-hybridized carbons (Fsp3) is 0.556. The van der Waals surface area contributed by atoms with Gasteiger partial charge in [-0.3, -0.25) is 9.69 Å². The summed E-state index contributed by atoms with van der Waals surface area (Å²) < 4.78 is 15.4. The summed E-state index contributed by atoms with van der Waals surface area (Å²) >= 11 is 6.08. The second-order valence-electron chi connectivity index (χ2n) is 6.61. The normalized spacial score (nSPS) is 15.4. The number of nitrogens with zero attached hydrogens (tertiary/aromatic N) is 1. The minimum absolute atomic E-state index is 0.156. The zero-order chi connectivity index (χ0) is 19.2. The first-order valence-electron chi connectivity index (χ1n) is 8.43. The molecule has 0 aliphatic carbocycles. The Morgan fingerprint density at radius 1 is 1.31 bits per heavy atom. The molecule has 1 aromatic carbocycles. The zero-order valence-electron chi connectivity index (χ0n) is 15.3. The number of esters is 1. The van der Waals surface area contributed by atoms with E-state index in [1.807, 2.05) is 0 Å². The van der Waals surface area contributed by atoms with E-state index < -0.39 is 5.97 Å². The molecule has 0 saturated carbocycles. The first-order chi connectivity index (χ1) is 12.3. The van der Waals surface area contributed by atoms with Crippen LogP contribution in [0.3, 0.4) is 0 Å². The third kappa shape index (κ3) is 5.59. The van der Waals surface area contributed by atoms with Gasteiger partial charge in [-0.1, -0.05) is 11.6 Å². The van der Waals surface area contributed by atoms with Gasteiger partial charge in [-0.15, -0.1) is 0 Å². The van der Waals surface area contributed by atoms with Crippen LogP contribution in [0, 0.1) is 0 Å². The molecular weight excluding hydrogens is 360 g/mol. The fourth-order valence-electron chi connectivity index (χ4n) is 2.65. The number of carbonyl (C=O) groups excluding carboxylic acids is 2. The van der Waals surface area contributed by atoms with E-state index in [0.29, 0.717) is 31.1 Å². The SMILES string of the molecule is COC(=O)c1ccc(OCC(=O)NCC(C)(C)N2CCOCC2)c(Cl)c1. The van der Waals surface area contributed by atoms with E-state index in [4.69, 9.17) is 21.1 Å². The molecule has 1 aromatic rings. The molecular formula is C18H25ClN2O5. The molecule has 0 bridgehead atoms. The third-order valence-corrected chi connectivity index (χ3v) is 4.59. The largest absolute Gasteiger partial charge is 0.482 e. The lowest BCUT2D eigenvalue weighted by molar-refractivity contribution is -0.123. The van der Waals surface area contributed by atoms with Crippen LogP contribution in [-0.4, -0.2) is 68.9 Å². The van der Waals surface area contributed by atoms with Crippen LogP contribution in [0.2, 0.25) is 5.02 Å². The van der Waals surface area contributed by atoms with Gasteiger partial charge in [0, 0.05) is 25.2 Å². The lowest BCUT2D eigenvalue weighted by atomic mass is 10.0. The number of nitrogens with one attached hydrogen (secondary N) is 1. The van der Waals surface area contributed by atoms with Crippen molar-refractivity contribution >= 4 is 23.5 Å². The van der Waals surface area contributed by atoms with Crippen molar-refractivity contribution in [3.63, 3.8) is 0 Å². The van der Waals surface area contributed by atoms with Crippen LogP contribution in [0.15, 0.2) is 18.2 Å². The highest BCUT2D eigenvalue weighted by atomic mass is 35.5. The van der Waals surface area contributed by atoms with Crippen molar-refractivity contribution in [1.82, 2.24) is 10.2 Å². The number of morpholine rings is 1. The van der Waals surface area contributed by atoms with Gasteiger partial charge in [0.1, 0.15) is 5.75 Å². The second kappa shape index (κ2) is 9.21. The summed E-state index contributed by atoms with van der Waals surface area (Å²) in [4.78, 5) is 25.8. The summed E-state index contributed by atoms with van der Waals surface area (Å²) in [7, 11) is 1.30. The van der Waals surface area contributed by atoms with Gasteiger partial charge in [0.15, 0.2) is 6.61 Å². The molecule has 0 spiro atoms. The molecule has 144 valence electrons. The quantitative estimate of drug-likeness (QED) is 0.721. The Labute approximate surface area is 158 Å². The number of carbonyl (C=O) groups is 2. The lowest BCUT2D eigenvalue weighted by Gasteiger charge is -2.40. The van der Waals surface area contributed by atoms with E-state index in [2.05, 4.69) is 28.8 Å². The maximum atomic E-state index is 12.1. The highest BCUT2D eigenvalue weighted by molar-refractivity contribution is 6.32. The summed E-state index contributed by atoms with van der Waals surface area (Å²) in [5, 5.41) is 3.13. The van der Waals surface area contributed by atoms with E-state index in [0.717, 1.165) is 13.1 Å². The van der Waals surface area contributed by atoms with Crippen LogP contribution in [0.1, 0.15) is 24.2 Å². The van der Waals surface area contributed by atoms with Crippen LogP contribution in [0.5, 0.6) is 5.75 Å². The van der Waals surface area contributed by atoms with Crippen molar-refractivity contribution in [2.24, 2.45) is 0 Å². The maximum Gasteiger partial charge on any atom is 0.337 e. The monoisotopic (exact) mass is 384 g/mol. The van der Waals surface area contributed by atoms with Gasteiger partial charge in [0.2, 0.25) is 0 Å². The Kier molecular flexibility index (Phi) is 7.25. The number of ether oxygens (including phenoxy) is 3. The van der Waals surface area contributed by atoms with E-state index in [-0.39, 0.29) is 23.1 Å². The molecule has 1 aliphatic rings. The number of methoxy groups -OCH3 is 1. The van der Waals surface area contributed by atoms with Gasteiger partial charge in [0.25, 0.3) is 5.91 Å². The number of amides is 1. The van der Waals surface area contributed by atoms with Crippen LogP contribution in [-0.2, 0) is 14.3 Å². The van der Waals surface area contributed by atoms with Crippen LogP contribution in [0.4, 0.5) is 0 Å². The Balaban J connectivity index is 1.82. The molecule has 1 saturated heterocycles. The molecule has 1 N–H and O–H groups in total. The van der Waals surface area contributed by atoms with Crippen molar-refractivity contribution in [1.29, 1.82) is 0 Å². The van der Waals surface area contributed by atoms with E-state index in [9.17, 15) is 9.59 Å². The standard InChI is InChI=1S/C18H25ClN2O5/c1-18(2,21-6-8-25-9-7-21)12-20-16(22)11-26-15-5-4-13(10-14(15)19)17(23)24-3/h4-5,10H,6-9,11-12H2,1-3H3,(H,20,22). The predicted octanol–water partition coefficient (Wildman–Crippen LogP) is 1.73. The zero-order valence-corrected chi connectivity index (χ0v) is 16.1. The molecule has 0 radical (unpaired) electrons. The molecule has 0 aromatic heterocycles. The highest BCUT2D eigenvalue weighted by Crippen LogP contribution is 2.25. The number of hydrogen-bond acceptors (Lipinski definition) is 6.